The van der Waals surface area contributed by atoms with E-state index in [0.717, 1.165) is 41.4 Å². The number of rotatable bonds is 8. The topological polar surface area (TPSA) is 54.3 Å². The average molecular weight is 318 g/mol. The van der Waals surface area contributed by atoms with Gasteiger partial charge in [0.25, 0.3) is 0 Å². The first-order valence-electron chi connectivity index (χ1n) is 7.52. The van der Waals surface area contributed by atoms with Crippen LogP contribution < -0.4 is 10.6 Å². The van der Waals surface area contributed by atoms with E-state index in [0.29, 0.717) is 6.54 Å². The zero-order valence-corrected chi connectivity index (χ0v) is 13.6. The highest BCUT2D eigenvalue weighted by atomic mass is 32.2. The maximum atomic E-state index is 11.9. The molecule has 0 aliphatic heterocycles. The third-order valence-electron chi connectivity index (χ3n) is 3.22. The van der Waals surface area contributed by atoms with Crippen LogP contribution in [0.5, 0.6) is 0 Å². The molecule has 118 valence electrons. The van der Waals surface area contributed by atoms with Gasteiger partial charge in [-0.2, -0.15) is 11.8 Å². The number of carbonyl (C=O) groups is 1. The Kier molecular flexibility index (Phi) is 6.90. The molecule has 5 heteroatoms. The quantitative estimate of drug-likeness (QED) is 0.714. The van der Waals surface area contributed by atoms with Gasteiger partial charge >= 0.3 is 6.03 Å². The summed E-state index contributed by atoms with van der Waals surface area (Å²) in [7, 11) is 0. The molecule has 0 bridgehead atoms. The van der Waals surface area contributed by atoms with Gasteiger partial charge in [-0.3, -0.25) is 0 Å². The van der Waals surface area contributed by atoms with E-state index in [2.05, 4.69) is 17.6 Å². The SMILES string of the molecule is CCc1ccccc1NC(=O)NCCCSCc1ccco1. The lowest BCUT2D eigenvalue weighted by Crippen LogP contribution is -2.30. The molecular formula is C17H22N2O2S. The number of hydrogen-bond acceptors (Lipinski definition) is 3. The molecule has 0 atom stereocenters. The second kappa shape index (κ2) is 9.20. The monoisotopic (exact) mass is 318 g/mol. The van der Waals surface area contributed by atoms with Crippen LogP contribution in [0.25, 0.3) is 0 Å². The Hall–Kier alpha value is -1.88. The number of carbonyl (C=O) groups excluding carboxylic acids is 1. The molecule has 0 saturated heterocycles. The highest BCUT2D eigenvalue weighted by Crippen LogP contribution is 2.15. The van der Waals surface area contributed by atoms with E-state index >= 15 is 0 Å². The van der Waals surface area contributed by atoms with Gasteiger partial charge in [0.1, 0.15) is 5.76 Å². The van der Waals surface area contributed by atoms with Crippen LogP contribution >= 0.6 is 11.8 Å². The highest BCUT2D eigenvalue weighted by molar-refractivity contribution is 7.98. The third-order valence-corrected chi connectivity index (χ3v) is 4.29. The van der Waals surface area contributed by atoms with E-state index in [-0.39, 0.29) is 6.03 Å². The second-order valence-corrected chi connectivity index (χ2v) is 5.98. The summed E-state index contributed by atoms with van der Waals surface area (Å²) in [5, 5.41) is 5.79. The fourth-order valence-corrected chi connectivity index (χ4v) is 2.92. The molecule has 1 aromatic heterocycles. The van der Waals surface area contributed by atoms with Gasteiger partial charge in [-0.25, -0.2) is 4.79 Å². The average Bonchev–Trinajstić information content (AvgIpc) is 3.04. The summed E-state index contributed by atoms with van der Waals surface area (Å²) in [5.41, 5.74) is 2.03. The van der Waals surface area contributed by atoms with E-state index in [9.17, 15) is 4.79 Å². The molecule has 0 fully saturated rings. The zero-order chi connectivity index (χ0) is 15.6. The van der Waals surface area contributed by atoms with E-state index in [4.69, 9.17) is 4.42 Å². The number of thioether (sulfide) groups is 1. The number of anilines is 1. The number of nitrogens with one attached hydrogen (secondary N) is 2. The first kappa shape index (κ1) is 16.5. The Morgan fingerprint density at radius 1 is 1.23 bits per heavy atom. The molecule has 0 aliphatic carbocycles. The van der Waals surface area contributed by atoms with Crippen molar-refractivity contribution >= 4 is 23.5 Å². The van der Waals surface area contributed by atoms with Crippen LogP contribution in [0.1, 0.15) is 24.7 Å². The minimum Gasteiger partial charge on any atom is -0.468 e. The highest BCUT2D eigenvalue weighted by Gasteiger charge is 2.04. The number of aryl methyl sites for hydroxylation is 1. The fraction of sp³-hybridized carbons (Fsp3) is 0.353. The number of amides is 2. The van der Waals surface area contributed by atoms with Gasteiger partial charge in [-0.05, 0) is 42.4 Å². The van der Waals surface area contributed by atoms with Crippen molar-refractivity contribution in [3.63, 3.8) is 0 Å². The van der Waals surface area contributed by atoms with Crippen LogP contribution in [-0.4, -0.2) is 18.3 Å². The number of hydrogen-bond donors (Lipinski definition) is 2. The molecule has 2 aromatic rings. The fourth-order valence-electron chi connectivity index (χ4n) is 2.06. The maximum absolute atomic E-state index is 11.9. The first-order valence-corrected chi connectivity index (χ1v) is 8.68. The van der Waals surface area contributed by atoms with Gasteiger partial charge in [0.2, 0.25) is 0 Å². The molecule has 0 radical (unpaired) electrons. The van der Waals surface area contributed by atoms with Crippen molar-refractivity contribution < 1.29 is 9.21 Å². The second-order valence-electron chi connectivity index (χ2n) is 4.88. The number of urea groups is 1. The molecule has 4 nitrogen and oxygen atoms in total. The summed E-state index contributed by atoms with van der Waals surface area (Å²) in [6, 6.07) is 11.6. The predicted molar refractivity (Wildman–Crippen MR) is 92.3 cm³/mol. The molecule has 2 rings (SSSR count). The Balaban J connectivity index is 1.59. The molecule has 22 heavy (non-hydrogen) atoms. The van der Waals surface area contributed by atoms with Crippen molar-refractivity contribution in [1.29, 1.82) is 0 Å². The van der Waals surface area contributed by atoms with Gasteiger partial charge in [0, 0.05) is 12.2 Å². The zero-order valence-electron chi connectivity index (χ0n) is 12.8. The lowest BCUT2D eigenvalue weighted by Gasteiger charge is -2.10. The maximum Gasteiger partial charge on any atom is 0.319 e. The largest absolute Gasteiger partial charge is 0.468 e. The van der Waals surface area contributed by atoms with Crippen LogP contribution in [0.2, 0.25) is 0 Å². The Labute approximate surface area is 135 Å². The molecule has 1 aromatic carbocycles. The third kappa shape index (κ3) is 5.48. The Morgan fingerprint density at radius 2 is 2.09 bits per heavy atom. The minimum absolute atomic E-state index is 0.142. The summed E-state index contributed by atoms with van der Waals surface area (Å²) in [6.07, 6.45) is 3.53. The first-order chi connectivity index (χ1) is 10.8. The molecule has 2 N–H and O–H groups in total. The molecule has 2 amide bonds. The predicted octanol–water partition coefficient (Wildman–Crippen LogP) is 4.29. The van der Waals surface area contributed by atoms with Crippen molar-refractivity contribution in [1.82, 2.24) is 5.32 Å². The number of benzene rings is 1. The summed E-state index contributed by atoms with van der Waals surface area (Å²) >= 11 is 1.81. The summed E-state index contributed by atoms with van der Waals surface area (Å²) in [5.74, 6) is 2.86. The standard InChI is InChI=1S/C17H22N2O2S/c1-2-14-7-3-4-9-16(14)19-17(20)18-10-6-12-22-13-15-8-5-11-21-15/h3-5,7-9,11H,2,6,10,12-13H2,1H3,(H2,18,19,20). The number of furan rings is 1. The van der Waals surface area contributed by atoms with E-state index in [1.165, 1.54) is 0 Å². The van der Waals surface area contributed by atoms with Crippen molar-refractivity contribution in [2.75, 3.05) is 17.6 Å². The van der Waals surface area contributed by atoms with Crippen molar-refractivity contribution in [2.45, 2.75) is 25.5 Å². The van der Waals surface area contributed by atoms with Crippen LogP contribution in [-0.2, 0) is 12.2 Å². The van der Waals surface area contributed by atoms with E-state index in [1.807, 2.05) is 48.2 Å². The molecule has 0 unspecified atom stereocenters. The van der Waals surface area contributed by atoms with Crippen LogP contribution in [0.4, 0.5) is 10.5 Å². The van der Waals surface area contributed by atoms with Gasteiger partial charge < -0.3 is 15.1 Å². The number of para-hydroxylation sites is 1. The van der Waals surface area contributed by atoms with Crippen molar-refractivity contribution in [3.05, 3.63) is 54.0 Å². The van der Waals surface area contributed by atoms with E-state index in [1.54, 1.807) is 6.26 Å². The van der Waals surface area contributed by atoms with Gasteiger partial charge in [0.15, 0.2) is 0 Å². The molecule has 0 spiro atoms. The minimum atomic E-state index is -0.142. The molecule has 0 aliphatic rings. The smallest absolute Gasteiger partial charge is 0.319 e. The van der Waals surface area contributed by atoms with Crippen LogP contribution in [0.3, 0.4) is 0 Å². The van der Waals surface area contributed by atoms with Crippen molar-refractivity contribution in [3.8, 4) is 0 Å². The summed E-state index contributed by atoms with van der Waals surface area (Å²) in [4.78, 5) is 11.9. The summed E-state index contributed by atoms with van der Waals surface area (Å²) in [6.45, 7) is 2.75. The van der Waals surface area contributed by atoms with Crippen LogP contribution in [0.15, 0.2) is 47.1 Å². The summed E-state index contributed by atoms with van der Waals surface area (Å²) < 4.78 is 5.27. The molecule has 1 heterocycles. The molecule has 0 saturated carbocycles. The van der Waals surface area contributed by atoms with Gasteiger partial charge in [-0.15, -0.1) is 0 Å². The lowest BCUT2D eigenvalue weighted by molar-refractivity contribution is 0.252. The van der Waals surface area contributed by atoms with Crippen LogP contribution in [0, 0.1) is 0 Å². The van der Waals surface area contributed by atoms with Crippen molar-refractivity contribution in [2.24, 2.45) is 0 Å². The van der Waals surface area contributed by atoms with Gasteiger partial charge in [-0.1, -0.05) is 25.1 Å². The Morgan fingerprint density at radius 3 is 2.86 bits per heavy atom. The van der Waals surface area contributed by atoms with E-state index < -0.39 is 0 Å². The van der Waals surface area contributed by atoms with Gasteiger partial charge in [0.05, 0.1) is 12.0 Å². The Bertz CT molecular complexity index is 570. The lowest BCUT2D eigenvalue weighted by atomic mass is 10.1. The molecular weight excluding hydrogens is 296 g/mol. The normalized spacial score (nSPS) is 10.4.